The molecule has 32 heavy (non-hydrogen) atoms. The van der Waals surface area contributed by atoms with Gasteiger partial charge >= 0.3 is 5.97 Å². The summed E-state index contributed by atoms with van der Waals surface area (Å²) in [6.45, 7) is -0.243. The predicted molar refractivity (Wildman–Crippen MR) is 125 cm³/mol. The fraction of sp³-hybridized carbons (Fsp3) is 0.0435. The maximum atomic E-state index is 12.2. The van der Waals surface area contributed by atoms with Gasteiger partial charge in [0.25, 0.3) is 11.8 Å². The number of carbonyl (C=O) groups is 3. The summed E-state index contributed by atoms with van der Waals surface area (Å²) in [6.07, 6.45) is 1.43. The fourth-order valence-corrected chi connectivity index (χ4v) is 3.10. The van der Waals surface area contributed by atoms with E-state index in [4.69, 9.17) is 16.3 Å². The first-order valence-corrected chi connectivity index (χ1v) is 10.5. The molecule has 3 rings (SSSR count). The molecule has 0 bridgehead atoms. The summed E-state index contributed by atoms with van der Waals surface area (Å²) >= 11 is 9.15. The van der Waals surface area contributed by atoms with Gasteiger partial charge in [-0.2, -0.15) is 5.10 Å². The molecule has 0 saturated carbocycles. The molecule has 9 heteroatoms. The van der Waals surface area contributed by atoms with E-state index in [1.165, 1.54) is 12.3 Å². The zero-order chi connectivity index (χ0) is 22.9. The van der Waals surface area contributed by atoms with Gasteiger partial charge in [-0.05, 0) is 66.2 Å². The lowest BCUT2D eigenvalue weighted by molar-refractivity contribution is -0.120. The van der Waals surface area contributed by atoms with Crippen molar-refractivity contribution in [3.8, 4) is 5.75 Å². The Labute approximate surface area is 197 Å². The zero-order valence-corrected chi connectivity index (χ0v) is 18.9. The first kappa shape index (κ1) is 23.2. The fourth-order valence-electron chi connectivity index (χ4n) is 2.51. The second-order valence-electron chi connectivity index (χ2n) is 6.46. The number of carbonyl (C=O) groups excluding carboxylic acids is 3. The molecule has 3 aromatic rings. The van der Waals surface area contributed by atoms with E-state index in [0.29, 0.717) is 27.5 Å². The van der Waals surface area contributed by atoms with Gasteiger partial charge in [-0.25, -0.2) is 10.2 Å². The highest BCUT2D eigenvalue weighted by atomic mass is 79.9. The van der Waals surface area contributed by atoms with Gasteiger partial charge in [-0.1, -0.05) is 39.7 Å². The van der Waals surface area contributed by atoms with Crippen LogP contribution in [-0.4, -0.2) is 30.5 Å². The lowest BCUT2D eigenvalue weighted by Crippen LogP contribution is -2.34. The molecular formula is C23H17BrClN3O4. The van der Waals surface area contributed by atoms with E-state index in [-0.39, 0.29) is 6.54 Å². The number of nitrogens with one attached hydrogen (secondary N) is 2. The van der Waals surface area contributed by atoms with Crippen LogP contribution in [0.25, 0.3) is 0 Å². The van der Waals surface area contributed by atoms with Gasteiger partial charge in [0.1, 0.15) is 5.75 Å². The van der Waals surface area contributed by atoms with Crippen LogP contribution in [0.3, 0.4) is 0 Å². The van der Waals surface area contributed by atoms with Crippen molar-refractivity contribution in [2.45, 2.75) is 0 Å². The van der Waals surface area contributed by atoms with E-state index in [2.05, 4.69) is 31.8 Å². The minimum Gasteiger partial charge on any atom is -0.423 e. The summed E-state index contributed by atoms with van der Waals surface area (Å²) in [7, 11) is 0. The van der Waals surface area contributed by atoms with Gasteiger partial charge in [0.2, 0.25) is 0 Å². The molecule has 0 aliphatic rings. The second-order valence-corrected chi connectivity index (χ2v) is 7.81. The molecule has 0 saturated heterocycles. The minimum absolute atomic E-state index is 0.243. The molecule has 0 heterocycles. The summed E-state index contributed by atoms with van der Waals surface area (Å²) in [5.41, 5.74) is 3.78. The standard InChI is InChI=1S/C23H17BrClN3O4/c24-18-5-1-4-17(11-18)23(31)32-20-9-7-15(8-10-20)13-27-28-21(29)14-26-22(30)16-3-2-6-19(25)12-16/h1-13H,14H2,(H,26,30)(H,28,29). The number of ether oxygens (including phenoxy) is 1. The van der Waals surface area contributed by atoms with Crippen molar-refractivity contribution in [1.29, 1.82) is 0 Å². The van der Waals surface area contributed by atoms with Crippen molar-refractivity contribution < 1.29 is 19.1 Å². The normalized spacial score (nSPS) is 10.6. The number of hydrazone groups is 1. The van der Waals surface area contributed by atoms with Crippen molar-refractivity contribution in [3.05, 3.63) is 99.0 Å². The number of nitrogens with zero attached hydrogens (tertiary/aromatic N) is 1. The van der Waals surface area contributed by atoms with E-state index >= 15 is 0 Å². The Bertz CT molecular complexity index is 1170. The third-order valence-electron chi connectivity index (χ3n) is 4.05. The highest BCUT2D eigenvalue weighted by Crippen LogP contribution is 2.16. The van der Waals surface area contributed by atoms with Gasteiger partial charge in [0, 0.05) is 15.1 Å². The van der Waals surface area contributed by atoms with Crippen molar-refractivity contribution >= 4 is 51.5 Å². The number of rotatable bonds is 7. The number of hydrogen-bond acceptors (Lipinski definition) is 5. The average Bonchev–Trinajstić information content (AvgIpc) is 2.78. The first-order valence-electron chi connectivity index (χ1n) is 9.34. The highest BCUT2D eigenvalue weighted by Gasteiger charge is 2.09. The Morgan fingerprint density at radius 2 is 1.69 bits per heavy atom. The Balaban J connectivity index is 1.45. The van der Waals surface area contributed by atoms with E-state index in [1.807, 2.05) is 6.07 Å². The molecule has 162 valence electrons. The first-order chi connectivity index (χ1) is 15.4. The van der Waals surface area contributed by atoms with Gasteiger partial charge < -0.3 is 10.1 Å². The summed E-state index contributed by atoms with van der Waals surface area (Å²) in [5.74, 6) is -1.00. The molecule has 0 aliphatic heterocycles. The van der Waals surface area contributed by atoms with Crippen LogP contribution in [0.2, 0.25) is 5.02 Å². The Morgan fingerprint density at radius 3 is 2.41 bits per heavy atom. The number of halogens is 2. The molecule has 0 aliphatic carbocycles. The van der Waals surface area contributed by atoms with Crippen LogP contribution in [0.4, 0.5) is 0 Å². The van der Waals surface area contributed by atoms with Crippen LogP contribution in [-0.2, 0) is 4.79 Å². The molecule has 2 N–H and O–H groups in total. The van der Waals surface area contributed by atoms with Crippen LogP contribution >= 0.6 is 27.5 Å². The molecule has 0 atom stereocenters. The maximum Gasteiger partial charge on any atom is 0.343 e. The molecule has 3 aromatic carbocycles. The molecule has 0 unspecified atom stereocenters. The number of benzene rings is 3. The van der Waals surface area contributed by atoms with Gasteiger partial charge in [0.05, 0.1) is 18.3 Å². The quantitative estimate of drug-likeness (QED) is 0.214. The second kappa shape index (κ2) is 11.2. The van der Waals surface area contributed by atoms with E-state index in [1.54, 1.807) is 60.7 Å². The van der Waals surface area contributed by atoms with Crippen molar-refractivity contribution in [2.75, 3.05) is 6.54 Å². The molecule has 2 amide bonds. The largest absolute Gasteiger partial charge is 0.423 e. The van der Waals surface area contributed by atoms with Gasteiger partial charge in [0.15, 0.2) is 0 Å². The average molecular weight is 515 g/mol. The van der Waals surface area contributed by atoms with Gasteiger partial charge in [-0.3, -0.25) is 9.59 Å². The number of esters is 1. The van der Waals surface area contributed by atoms with E-state index in [9.17, 15) is 14.4 Å². The Morgan fingerprint density at radius 1 is 0.969 bits per heavy atom. The Hall–Kier alpha value is -3.49. The van der Waals surface area contributed by atoms with Crippen LogP contribution < -0.4 is 15.5 Å². The SMILES string of the molecule is O=C(CNC(=O)c1cccc(Cl)c1)NN=Cc1ccc(OC(=O)c2cccc(Br)c2)cc1. The van der Waals surface area contributed by atoms with Crippen LogP contribution in [0.1, 0.15) is 26.3 Å². The molecular weight excluding hydrogens is 498 g/mol. The lowest BCUT2D eigenvalue weighted by atomic mass is 10.2. The van der Waals surface area contributed by atoms with Crippen LogP contribution in [0.5, 0.6) is 5.75 Å². The smallest absolute Gasteiger partial charge is 0.343 e. The van der Waals surface area contributed by atoms with Crippen molar-refractivity contribution in [2.24, 2.45) is 5.10 Å². The summed E-state index contributed by atoms with van der Waals surface area (Å²) in [5, 5.41) is 6.76. The molecule has 0 spiro atoms. The third-order valence-corrected chi connectivity index (χ3v) is 4.78. The molecule has 0 fully saturated rings. The maximum absolute atomic E-state index is 12.2. The van der Waals surface area contributed by atoms with E-state index < -0.39 is 17.8 Å². The topological polar surface area (TPSA) is 96.9 Å². The van der Waals surface area contributed by atoms with Crippen molar-refractivity contribution in [3.63, 3.8) is 0 Å². The van der Waals surface area contributed by atoms with Crippen molar-refractivity contribution in [1.82, 2.24) is 10.7 Å². The molecule has 0 aromatic heterocycles. The van der Waals surface area contributed by atoms with Crippen LogP contribution in [0.15, 0.2) is 82.4 Å². The molecule has 7 nitrogen and oxygen atoms in total. The number of hydrogen-bond donors (Lipinski definition) is 2. The van der Waals surface area contributed by atoms with Crippen LogP contribution in [0, 0.1) is 0 Å². The predicted octanol–water partition coefficient (Wildman–Crippen LogP) is 4.20. The van der Waals surface area contributed by atoms with Gasteiger partial charge in [-0.15, -0.1) is 0 Å². The lowest BCUT2D eigenvalue weighted by Gasteiger charge is -2.05. The summed E-state index contributed by atoms with van der Waals surface area (Å²) < 4.78 is 6.11. The summed E-state index contributed by atoms with van der Waals surface area (Å²) in [6, 6.07) is 19.9. The minimum atomic E-state index is -0.490. The third kappa shape index (κ3) is 7.04. The van der Waals surface area contributed by atoms with E-state index in [0.717, 1.165) is 4.47 Å². The molecule has 0 radical (unpaired) electrons. The number of amides is 2. The Kier molecular flexibility index (Phi) is 8.13. The highest BCUT2D eigenvalue weighted by molar-refractivity contribution is 9.10. The summed E-state index contributed by atoms with van der Waals surface area (Å²) in [4.78, 5) is 36.0. The zero-order valence-electron chi connectivity index (χ0n) is 16.5. The monoisotopic (exact) mass is 513 g/mol.